The van der Waals surface area contributed by atoms with E-state index in [1.807, 2.05) is 18.2 Å². The van der Waals surface area contributed by atoms with Gasteiger partial charge in [0, 0.05) is 12.8 Å². The van der Waals surface area contributed by atoms with Gasteiger partial charge in [-0.1, -0.05) is 110 Å². The summed E-state index contributed by atoms with van der Waals surface area (Å²) in [4.78, 5) is 14.6. The van der Waals surface area contributed by atoms with Gasteiger partial charge in [-0.15, -0.1) is 0 Å². The third kappa shape index (κ3) is 17.4. The Morgan fingerprint density at radius 1 is 0.962 bits per heavy atom. The first-order chi connectivity index (χ1) is 25.6. The highest BCUT2D eigenvalue weighted by Gasteiger charge is 2.31. The fourth-order valence-electron chi connectivity index (χ4n) is 6.40. The maximum atomic E-state index is 14.0. The predicted molar refractivity (Wildman–Crippen MR) is 207 cm³/mol. The number of anilines is 1. The van der Waals surface area contributed by atoms with Crippen LogP contribution in [0.5, 0.6) is 0 Å². The van der Waals surface area contributed by atoms with E-state index in [2.05, 4.69) is 17.0 Å². The number of phosphoric ester groups is 1. The van der Waals surface area contributed by atoms with E-state index in [-0.39, 0.29) is 25.4 Å². The summed E-state index contributed by atoms with van der Waals surface area (Å²) in [7, 11) is -2.96. The molecule has 11 nitrogen and oxygen atoms in total. The number of aromatic nitrogens is 3. The molecule has 3 atom stereocenters. The number of phosphoric acid groups is 1. The molecule has 13 heteroatoms. The molecule has 0 aliphatic rings. The number of rotatable bonds is 30. The third-order valence-electron chi connectivity index (χ3n) is 9.87. The Hall–Kier alpha value is -2.91. The number of nitriles is 1. The van der Waals surface area contributed by atoms with Crippen LogP contribution in [-0.2, 0) is 36.1 Å². The number of fused-ring (bicyclic) bond motifs is 1. The van der Waals surface area contributed by atoms with Crippen molar-refractivity contribution in [3.05, 3.63) is 59.3 Å². The smallest absolute Gasteiger partial charge is 0.382 e. The lowest BCUT2D eigenvalue weighted by Gasteiger charge is -2.29. The summed E-state index contributed by atoms with van der Waals surface area (Å²) in [5.41, 5.74) is 7.34. The number of nitrogens with two attached hydrogens (primary N) is 1. The summed E-state index contributed by atoms with van der Waals surface area (Å²) in [6, 6.07) is 9.76. The Bertz CT molecular complexity index is 1570. The van der Waals surface area contributed by atoms with Crippen LogP contribution in [0.25, 0.3) is 5.52 Å². The molecule has 0 radical (unpaired) electrons. The Balaban J connectivity index is 1.41. The van der Waals surface area contributed by atoms with E-state index in [1.165, 1.54) is 109 Å². The van der Waals surface area contributed by atoms with Gasteiger partial charge in [-0.25, -0.2) is 18.5 Å². The molecule has 1 unspecified atom stereocenters. The summed E-state index contributed by atoms with van der Waals surface area (Å²) >= 11 is 0. The molecule has 0 spiro atoms. The molecule has 0 fully saturated rings. The van der Waals surface area contributed by atoms with Gasteiger partial charge in [-0.2, -0.15) is 10.4 Å². The molecule has 0 aliphatic carbocycles. The molecule has 2 heterocycles. The van der Waals surface area contributed by atoms with Gasteiger partial charge in [-0.05, 0) is 62.1 Å². The zero-order valence-electron chi connectivity index (χ0n) is 32.3. The summed E-state index contributed by atoms with van der Waals surface area (Å²) < 4.78 is 51.4. The van der Waals surface area contributed by atoms with Crippen molar-refractivity contribution < 1.29 is 32.4 Å². The number of hydrogen-bond donors (Lipinski definition) is 2. The molecule has 2 aromatic heterocycles. The van der Waals surface area contributed by atoms with E-state index in [0.29, 0.717) is 36.2 Å². The average Bonchev–Trinajstić information content (AvgIpc) is 3.58. The molecular weight excluding hydrogens is 696 g/mol. The van der Waals surface area contributed by atoms with Crippen LogP contribution in [0.2, 0.25) is 0 Å². The van der Waals surface area contributed by atoms with Gasteiger partial charge in [0.2, 0.25) is 0 Å². The van der Waals surface area contributed by atoms with Crippen molar-refractivity contribution >= 4 is 19.2 Å². The van der Waals surface area contributed by atoms with Crippen molar-refractivity contribution in [2.45, 2.75) is 154 Å². The molecule has 0 aliphatic heterocycles. The van der Waals surface area contributed by atoms with E-state index >= 15 is 0 Å². The molecule has 3 rings (SSSR count). The first-order valence-corrected chi connectivity index (χ1v) is 21.1. The molecule has 0 saturated heterocycles. The normalized spacial score (nSPS) is 14.6. The van der Waals surface area contributed by atoms with Crippen LogP contribution in [0.15, 0.2) is 36.7 Å². The highest BCUT2D eigenvalue weighted by atomic mass is 31.2. The number of nitrogen functional groups attached to an aromatic ring is 1. The van der Waals surface area contributed by atoms with Crippen molar-refractivity contribution in [3.8, 4) is 6.07 Å². The molecule has 53 heavy (non-hydrogen) atoms. The van der Waals surface area contributed by atoms with Gasteiger partial charge in [0.15, 0.2) is 5.82 Å². The third-order valence-corrected chi connectivity index (χ3v) is 10.8. The quantitative estimate of drug-likeness (QED) is 0.0496. The topological polar surface area (TPSA) is 154 Å². The van der Waals surface area contributed by atoms with Gasteiger partial charge in [0.1, 0.15) is 17.7 Å². The zero-order valence-corrected chi connectivity index (χ0v) is 33.2. The molecule has 0 bridgehead atoms. The van der Waals surface area contributed by atoms with Crippen LogP contribution in [-0.4, -0.2) is 51.5 Å². The second-order valence-corrected chi connectivity index (χ2v) is 15.9. The van der Waals surface area contributed by atoms with E-state index in [1.54, 1.807) is 17.5 Å². The van der Waals surface area contributed by atoms with Gasteiger partial charge >= 0.3 is 7.82 Å². The Morgan fingerprint density at radius 2 is 1.58 bits per heavy atom. The highest BCUT2D eigenvalue weighted by molar-refractivity contribution is 7.47. The SMILES string of the molecule is CCCCCCCCCCCCCCCCCC[C@H](COP(=O)(O)OC[C@](C)(CCc1ccc2c(N)ncnn12)OC)OCc1cc(F)cc(C#N)c1. The van der Waals surface area contributed by atoms with Crippen molar-refractivity contribution in [3.63, 3.8) is 0 Å². The molecule has 3 N–H and O–H groups in total. The van der Waals surface area contributed by atoms with Crippen LogP contribution < -0.4 is 5.73 Å². The summed E-state index contributed by atoms with van der Waals surface area (Å²) in [5, 5.41) is 13.5. The molecule has 1 aromatic carbocycles. The largest absolute Gasteiger partial charge is 0.472 e. The van der Waals surface area contributed by atoms with Gasteiger partial charge in [0.05, 0.1) is 43.2 Å². The lowest BCUT2D eigenvalue weighted by molar-refractivity contribution is -0.0495. The lowest BCUT2D eigenvalue weighted by atomic mass is 10.00. The lowest BCUT2D eigenvalue weighted by Crippen LogP contribution is -2.34. The monoisotopic (exact) mass is 759 g/mol. The van der Waals surface area contributed by atoms with Gasteiger partial charge in [0.25, 0.3) is 0 Å². The number of benzene rings is 1. The van der Waals surface area contributed by atoms with E-state index in [9.17, 15) is 19.1 Å². The second kappa shape index (κ2) is 24.5. The zero-order chi connectivity index (χ0) is 38.4. The Kier molecular flexibility index (Phi) is 20.6. The Morgan fingerprint density at radius 3 is 2.19 bits per heavy atom. The molecule has 0 amide bonds. The van der Waals surface area contributed by atoms with Gasteiger partial charge < -0.3 is 20.1 Å². The fourth-order valence-corrected chi connectivity index (χ4v) is 7.27. The summed E-state index contributed by atoms with van der Waals surface area (Å²) in [5.74, 6) is -0.146. The number of ether oxygens (including phenoxy) is 2. The average molecular weight is 760 g/mol. The number of nitrogens with zero attached hydrogens (tertiary/aromatic N) is 4. The maximum absolute atomic E-state index is 14.0. The number of aryl methyl sites for hydroxylation is 1. The molecule has 0 saturated carbocycles. The van der Waals surface area contributed by atoms with E-state index in [0.717, 1.165) is 25.0 Å². The maximum Gasteiger partial charge on any atom is 0.472 e. The van der Waals surface area contributed by atoms with E-state index < -0.39 is 25.3 Å². The minimum absolute atomic E-state index is 0.0304. The van der Waals surface area contributed by atoms with E-state index in [4.69, 9.17) is 24.3 Å². The predicted octanol–water partition coefficient (Wildman–Crippen LogP) is 10.0. The second-order valence-electron chi connectivity index (χ2n) is 14.4. The fraction of sp³-hybridized carbons (Fsp3) is 0.675. The van der Waals surface area contributed by atoms with Crippen molar-refractivity contribution in [1.82, 2.24) is 14.6 Å². The number of unbranched alkanes of at least 4 members (excludes halogenated alkanes) is 15. The van der Waals surface area contributed by atoms with Crippen molar-refractivity contribution in [2.24, 2.45) is 0 Å². The van der Waals surface area contributed by atoms with Crippen LogP contribution in [0.4, 0.5) is 10.2 Å². The molecule has 3 aromatic rings. The molecule has 296 valence electrons. The van der Waals surface area contributed by atoms with Crippen LogP contribution >= 0.6 is 7.82 Å². The first kappa shape index (κ1) is 44.5. The van der Waals surface area contributed by atoms with Gasteiger partial charge in [-0.3, -0.25) is 9.05 Å². The number of methoxy groups -OCH3 is 1. The first-order valence-electron chi connectivity index (χ1n) is 19.6. The minimum atomic E-state index is -4.48. The summed E-state index contributed by atoms with van der Waals surface area (Å²) in [6.45, 7) is 3.71. The van der Waals surface area contributed by atoms with Crippen molar-refractivity contribution in [1.29, 1.82) is 5.26 Å². The summed E-state index contributed by atoms with van der Waals surface area (Å²) in [6.07, 6.45) is 22.6. The number of halogens is 1. The molecular formula is C40H63FN5O6P. The van der Waals surface area contributed by atoms with Crippen molar-refractivity contribution in [2.75, 3.05) is 26.1 Å². The van der Waals surface area contributed by atoms with Crippen LogP contribution in [0.1, 0.15) is 146 Å². The van der Waals surface area contributed by atoms with Crippen LogP contribution in [0.3, 0.4) is 0 Å². The Labute approximate surface area is 316 Å². The standard InChI is InChI=1S/C40H63FN5O6P/c1-4-5-6-7-8-9-10-11-12-13-14-15-16-17-18-19-20-37(50-29-34-25-33(28-42)26-35(41)27-34)30-51-53(47,48)52-31-40(2,49-3)24-23-36-21-22-38-39(43)44-32-45-46(36)38/h21-22,25-27,32,37H,4-20,23-24,29-31H2,1-3H3,(H,47,48)(H2,43,44,45)/t37-,40+/m1/s1. The number of hydrogen-bond acceptors (Lipinski definition) is 9. The van der Waals surface area contributed by atoms with Crippen LogP contribution in [0, 0.1) is 17.1 Å². The highest BCUT2D eigenvalue weighted by Crippen LogP contribution is 2.45. The minimum Gasteiger partial charge on any atom is -0.382 e.